The zero-order chi connectivity index (χ0) is 15.7. The van der Waals surface area contributed by atoms with Gasteiger partial charge in [-0.3, -0.25) is 4.79 Å². The lowest BCUT2D eigenvalue weighted by molar-refractivity contribution is -0.129. The van der Waals surface area contributed by atoms with Crippen LogP contribution >= 0.6 is 39.0 Å². The summed E-state index contributed by atoms with van der Waals surface area (Å²) >= 11 is 6.50. The Labute approximate surface area is 145 Å². The third kappa shape index (κ3) is 3.69. The molecule has 118 valence electrons. The lowest BCUT2D eigenvalue weighted by Gasteiger charge is -2.20. The van der Waals surface area contributed by atoms with Crippen LogP contribution < -0.4 is 0 Å². The molecular formula is C13H16BrN5OS2. The van der Waals surface area contributed by atoms with Gasteiger partial charge in [0.1, 0.15) is 0 Å². The number of nitrogens with zero attached hydrogens (tertiary/aromatic N) is 5. The number of aromatic nitrogens is 4. The molecule has 22 heavy (non-hydrogen) atoms. The normalized spacial score (nSPS) is 15.8. The van der Waals surface area contributed by atoms with E-state index < -0.39 is 0 Å². The van der Waals surface area contributed by atoms with E-state index in [4.69, 9.17) is 0 Å². The van der Waals surface area contributed by atoms with Gasteiger partial charge >= 0.3 is 0 Å². The van der Waals surface area contributed by atoms with Gasteiger partial charge in [0.15, 0.2) is 0 Å². The second-order valence-electron chi connectivity index (χ2n) is 5.32. The van der Waals surface area contributed by atoms with Gasteiger partial charge in [-0.25, -0.2) is 4.68 Å². The number of hydrogen-bond acceptors (Lipinski definition) is 6. The van der Waals surface area contributed by atoms with Crippen LogP contribution in [0.3, 0.4) is 0 Å². The fraction of sp³-hybridized carbons (Fsp3) is 0.538. The summed E-state index contributed by atoms with van der Waals surface area (Å²) in [5.74, 6) is 0.0832. The summed E-state index contributed by atoms with van der Waals surface area (Å²) in [4.78, 5) is 15.4. The van der Waals surface area contributed by atoms with Crippen molar-refractivity contribution in [3.63, 3.8) is 0 Å². The summed E-state index contributed by atoms with van der Waals surface area (Å²) in [5, 5.41) is 14.3. The molecule has 0 bridgehead atoms. The molecule has 1 aliphatic rings. The summed E-state index contributed by atoms with van der Waals surface area (Å²) in [6.07, 6.45) is 2.24. The Bertz CT molecular complexity index is 669. The van der Waals surface area contributed by atoms with E-state index in [1.165, 1.54) is 11.8 Å². The smallest absolute Gasteiger partial charge is 0.235 e. The fourth-order valence-corrected chi connectivity index (χ4v) is 4.56. The molecule has 0 radical (unpaired) electrons. The molecule has 0 aliphatic heterocycles. The molecule has 1 atom stereocenters. The minimum Gasteiger partial charge on any atom is -0.340 e. The number of thioether (sulfide) groups is 1. The van der Waals surface area contributed by atoms with Crippen molar-refractivity contribution in [3.05, 3.63) is 20.8 Å². The van der Waals surface area contributed by atoms with Crippen LogP contribution in [0, 0.1) is 0 Å². The lowest BCUT2D eigenvalue weighted by atomic mass is 10.3. The van der Waals surface area contributed by atoms with Crippen LogP contribution in [0.5, 0.6) is 0 Å². The van der Waals surface area contributed by atoms with Gasteiger partial charge in [0, 0.05) is 21.8 Å². The van der Waals surface area contributed by atoms with Crippen LogP contribution in [0.25, 0.3) is 0 Å². The number of tetrazole rings is 1. The van der Waals surface area contributed by atoms with E-state index in [0.717, 1.165) is 27.3 Å². The van der Waals surface area contributed by atoms with Crippen LogP contribution in [0.15, 0.2) is 21.1 Å². The first-order chi connectivity index (χ1) is 10.5. The molecule has 0 N–H and O–H groups in total. The zero-order valence-electron chi connectivity index (χ0n) is 12.3. The molecule has 0 saturated heterocycles. The Morgan fingerprint density at radius 2 is 2.41 bits per heavy atom. The van der Waals surface area contributed by atoms with E-state index in [1.807, 2.05) is 30.1 Å². The maximum atomic E-state index is 12.5. The Morgan fingerprint density at radius 1 is 1.64 bits per heavy atom. The van der Waals surface area contributed by atoms with Crippen molar-refractivity contribution in [3.8, 4) is 0 Å². The topological polar surface area (TPSA) is 63.9 Å². The molecule has 1 saturated carbocycles. The Morgan fingerprint density at radius 3 is 3.05 bits per heavy atom. The number of rotatable bonds is 6. The van der Waals surface area contributed by atoms with Crippen molar-refractivity contribution in [2.45, 2.75) is 42.8 Å². The Kier molecular flexibility index (Phi) is 4.84. The fourth-order valence-electron chi connectivity index (χ4n) is 2.08. The summed E-state index contributed by atoms with van der Waals surface area (Å²) < 4.78 is 2.89. The summed E-state index contributed by atoms with van der Waals surface area (Å²) in [6, 6.07) is 2.46. The Hall–Kier alpha value is -0.930. The first kappa shape index (κ1) is 15.9. The predicted molar refractivity (Wildman–Crippen MR) is 89.9 cm³/mol. The van der Waals surface area contributed by atoms with Gasteiger partial charge in [-0.15, -0.1) is 16.4 Å². The van der Waals surface area contributed by atoms with Crippen LogP contribution in [0.4, 0.5) is 0 Å². The quantitative estimate of drug-likeness (QED) is 0.696. The van der Waals surface area contributed by atoms with Crippen molar-refractivity contribution in [1.29, 1.82) is 0 Å². The molecule has 3 rings (SSSR count). The van der Waals surface area contributed by atoms with Crippen molar-refractivity contribution in [2.24, 2.45) is 0 Å². The SMILES string of the molecule is CC(Sc1nnnn1C1CC1)C(=O)N(C)Cc1cc(Br)cs1. The number of carbonyl (C=O) groups is 1. The second-order valence-corrected chi connectivity index (χ2v) is 8.54. The first-order valence-corrected chi connectivity index (χ1v) is 9.52. The van der Waals surface area contributed by atoms with E-state index in [0.29, 0.717) is 12.6 Å². The third-order valence-electron chi connectivity index (χ3n) is 3.38. The van der Waals surface area contributed by atoms with E-state index in [2.05, 4.69) is 31.5 Å². The molecule has 2 aromatic heterocycles. The predicted octanol–water partition coefficient (Wildman–Crippen LogP) is 2.97. The molecule has 1 fully saturated rings. The molecule has 0 spiro atoms. The molecule has 1 amide bonds. The average molecular weight is 402 g/mol. The number of thiophene rings is 1. The minimum atomic E-state index is -0.211. The van der Waals surface area contributed by atoms with Gasteiger partial charge in [0.05, 0.1) is 17.8 Å². The van der Waals surface area contributed by atoms with Crippen LogP contribution in [0.2, 0.25) is 0 Å². The highest BCUT2D eigenvalue weighted by molar-refractivity contribution is 9.10. The van der Waals surface area contributed by atoms with E-state index in [9.17, 15) is 4.79 Å². The van der Waals surface area contributed by atoms with E-state index >= 15 is 0 Å². The molecule has 1 unspecified atom stereocenters. The summed E-state index contributed by atoms with van der Waals surface area (Å²) in [5.41, 5.74) is 0. The molecule has 9 heteroatoms. The zero-order valence-corrected chi connectivity index (χ0v) is 15.5. The molecular weight excluding hydrogens is 386 g/mol. The number of halogens is 1. The highest BCUT2D eigenvalue weighted by Crippen LogP contribution is 2.37. The monoisotopic (exact) mass is 401 g/mol. The molecule has 6 nitrogen and oxygen atoms in total. The standard InChI is InChI=1S/C13H16BrN5OS2/c1-8(22-13-15-16-17-19(13)10-3-4-10)12(20)18(2)6-11-5-9(14)7-21-11/h5,7-8,10H,3-4,6H2,1-2H3. The van der Waals surface area contributed by atoms with Crippen LogP contribution in [0.1, 0.15) is 30.7 Å². The highest BCUT2D eigenvalue weighted by Gasteiger charge is 2.30. The summed E-state index contributed by atoms with van der Waals surface area (Å²) in [7, 11) is 1.83. The maximum absolute atomic E-state index is 12.5. The maximum Gasteiger partial charge on any atom is 0.235 e. The third-order valence-corrected chi connectivity index (χ3v) is 6.09. The van der Waals surface area contributed by atoms with Gasteiger partial charge in [-0.05, 0) is 52.2 Å². The van der Waals surface area contributed by atoms with Crippen LogP contribution in [-0.4, -0.2) is 43.3 Å². The number of hydrogen-bond donors (Lipinski definition) is 0. The molecule has 0 aromatic carbocycles. The second kappa shape index (κ2) is 6.67. The first-order valence-electron chi connectivity index (χ1n) is 6.97. The molecule has 2 heterocycles. The van der Waals surface area contributed by atoms with Gasteiger partial charge in [0.25, 0.3) is 0 Å². The van der Waals surface area contributed by atoms with Crippen molar-refractivity contribution < 1.29 is 4.79 Å². The molecule has 1 aliphatic carbocycles. The number of amides is 1. The van der Waals surface area contributed by atoms with E-state index in [1.54, 1.807) is 16.2 Å². The van der Waals surface area contributed by atoms with Crippen molar-refractivity contribution >= 4 is 44.9 Å². The Balaban J connectivity index is 1.59. The largest absolute Gasteiger partial charge is 0.340 e. The van der Waals surface area contributed by atoms with Gasteiger partial charge < -0.3 is 4.90 Å². The van der Waals surface area contributed by atoms with Gasteiger partial charge in [-0.1, -0.05) is 11.8 Å². The number of carbonyl (C=O) groups excluding carboxylic acids is 1. The highest BCUT2D eigenvalue weighted by atomic mass is 79.9. The van der Waals surface area contributed by atoms with E-state index in [-0.39, 0.29) is 11.2 Å². The van der Waals surface area contributed by atoms with Gasteiger partial charge in [-0.2, -0.15) is 0 Å². The summed E-state index contributed by atoms with van der Waals surface area (Å²) in [6.45, 7) is 2.52. The van der Waals surface area contributed by atoms with Crippen molar-refractivity contribution in [2.75, 3.05) is 7.05 Å². The minimum absolute atomic E-state index is 0.0832. The molecule has 2 aromatic rings. The average Bonchev–Trinajstić information content (AvgIpc) is 3.10. The lowest BCUT2D eigenvalue weighted by Crippen LogP contribution is -2.32. The van der Waals surface area contributed by atoms with Crippen molar-refractivity contribution in [1.82, 2.24) is 25.1 Å². The van der Waals surface area contributed by atoms with Gasteiger partial charge in [0.2, 0.25) is 11.1 Å². The van der Waals surface area contributed by atoms with Crippen LogP contribution in [-0.2, 0) is 11.3 Å².